The predicted octanol–water partition coefficient (Wildman–Crippen LogP) is 4.00. The van der Waals surface area contributed by atoms with E-state index in [0.29, 0.717) is 5.15 Å². The molecule has 0 amide bonds. The van der Waals surface area contributed by atoms with Gasteiger partial charge in [-0.3, -0.25) is 0 Å². The quantitative estimate of drug-likeness (QED) is 0.718. The minimum atomic E-state index is -0.221. The zero-order chi connectivity index (χ0) is 12.5. The molecule has 0 aliphatic rings. The molecule has 2 heterocycles. The Bertz CT molecular complexity index is 679. The van der Waals surface area contributed by atoms with Crippen LogP contribution >= 0.6 is 22.9 Å². The van der Waals surface area contributed by atoms with E-state index in [0.717, 1.165) is 22.0 Å². The van der Waals surface area contributed by atoms with Gasteiger partial charge in [0.2, 0.25) is 0 Å². The van der Waals surface area contributed by atoms with Crippen molar-refractivity contribution in [1.29, 1.82) is 0 Å². The van der Waals surface area contributed by atoms with Crippen LogP contribution in [0.2, 0.25) is 5.15 Å². The number of thiophene rings is 1. The van der Waals surface area contributed by atoms with Crippen LogP contribution in [0.15, 0.2) is 47.2 Å². The standard InChI is InChI=1S/C14H11ClN2S/c15-14-11(13(16)10-5-6-18-8-10)7-9-3-1-2-4-12(9)17-14/h1-8,13H,16H2/t13-/m1/s1. The van der Waals surface area contributed by atoms with E-state index in [2.05, 4.69) is 4.98 Å². The van der Waals surface area contributed by atoms with Crippen molar-refractivity contribution in [1.82, 2.24) is 4.98 Å². The molecule has 0 unspecified atom stereocenters. The molecule has 1 aromatic carbocycles. The number of fused-ring (bicyclic) bond motifs is 1. The molecule has 0 radical (unpaired) electrons. The van der Waals surface area contributed by atoms with Gasteiger partial charge in [0.15, 0.2) is 0 Å². The zero-order valence-electron chi connectivity index (χ0n) is 9.51. The Balaban J connectivity index is 2.14. The molecule has 18 heavy (non-hydrogen) atoms. The molecule has 0 bridgehead atoms. The first kappa shape index (κ1) is 11.7. The lowest BCUT2D eigenvalue weighted by Gasteiger charge is -2.12. The largest absolute Gasteiger partial charge is 0.320 e. The van der Waals surface area contributed by atoms with Crippen LogP contribution in [0.5, 0.6) is 0 Å². The Morgan fingerprint density at radius 3 is 2.83 bits per heavy atom. The Kier molecular flexibility index (Phi) is 3.04. The lowest BCUT2D eigenvalue weighted by molar-refractivity contribution is 0.872. The fraction of sp³-hybridized carbons (Fsp3) is 0.0714. The molecule has 2 nitrogen and oxygen atoms in total. The van der Waals surface area contributed by atoms with Crippen LogP contribution in [0, 0.1) is 0 Å². The van der Waals surface area contributed by atoms with Crippen LogP contribution in [-0.4, -0.2) is 4.98 Å². The predicted molar refractivity (Wildman–Crippen MR) is 77.1 cm³/mol. The zero-order valence-corrected chi connectivity index (χ0v) is 11.1. The van der Waals surface area contributed by atoms with Crippen molar-refractivity contribution >= 4 is 33.8 Å². The number of benzene rings is 1. The van der Waals surface area contributed by atoms with Gasteiger partial charge in [-0.2, -0.15) is 11.3 Å². The van der Waals surface area contributed by atoms with Crippen LogP contribution in [0.1, 0.15) is 17.2 Å². The van der Waals surface area contributed by atoms with Gasteiger partial charge in [-0.15, -0.1) is 0 Å². The number of nitrogens with zero attached hydrogens (tertiary/aromatic N) is 1. The van der Waals surface area contributed by atoms with Gasteiger partial charge in [0.25, 0.3) is 0 Å². The summed E-state index contributed by atoms with van der Waals surface area (Å²) in [6.07, 6.45) is 0. The van der Waals surface area contributed by atoms with E-state index < -0.39 is 0 Å². The molecule has 4 heteroatoms. The maximum absolute atomic E-state index is 6.23. The monoisotopic (exact) mass is 274 g/mol. The van der Waals surface area contributed by atoms with Gasteiger partial charge in [-0.1, -0.05) is 29.8 Å². The Morgan fingerprint density at radius 1 is 1.22 bits per heavy atom. The summed E-state index contributed by atoms with van der Waals surface area (Å²) in [5.74, 6) is 0. The van der Waals surface area contributed by atoms with Crippen LogP contribution in [-0.2, 0) is 0 Å². The molecule has 0 fully saturated rings. The van der Waals surface area contributed by atoms with Gasteiger partial charge in [0.05, 0.1) is 11.6 Å². The van der Waals surface area contributed by atoms with E-state index in [9.17, 15) is 0 Å². The topological polar surface area (TPSA) is 38.9 Å². The molecule has 2 N–H and O–H groups in total. The van der Waals surface area contributed by atoms with E-state index in [1.165, 1.54) is 0 Å². The van der Waals surface area contributed by atoms with E-state index in [1.807, 2.05) is 47.2 Å². The summed E-state index contributed by atoms with van der Waals surface area (Å²) in [5, 5.41) is 5.59. The number of aromatic nitrogens is 1. The lowest BCUT2D eigenvalue weighted by Crippen LogP contribution is -2.12. The average Bonchev–Trinajstić information content (AvgIpc) is 2.91. The summed E-state index contributed by atoms with van der Waals surface area (Å²) in [5.41, 5.74) is 9.06. The van der Waals surface area contributed by atoms with Crippen LogP contribution < -0.4 is 5.73 Å². The highest BCUT2D eigenvalue weighted by atomic mass is 35.5. The third-order valence-corrected chi connectivity index (χ3v) is 3.95. The van der Waals surface area contributed by atoms with Gasteiger partial charge < -0.3 is 5.73 Å². The number of para-hydroxylation sites is 1. The van der Waals surface area contributed by atoms with Crippen LogP contribution in [0.25, 0.3) is 10.9 Å². The number of hydrogen-bond acceptors (Lipinski definition) is 3. The Hall–Kier alpha value is -1.42. The highest BCUT2D eigenvalue weighted by molar-refractivity contribution is 7.08. The molecular weight excluding hydrogens is 264 g/mol. The van der Waals surface area contributed by atoms with E-state index in [1.54, 1.807) is 11.3 Å². The van der Waals surface area contributed by atoms with Gasteiger partial charge in [0.1, 0.15) is 5.15 Å². The van der Waals surface area contributed by atoms with Gasteiger partial charge >= 0.3 is 0 Å². The molecule has 3 aromatic rings. The summed E-state index contributed by atoms with van der Waals surface area (Å²) in [7, 11) is 0. The van der Waals surface area contributed by atoms with Crippen molar-refractivity contribution in [3.05, 3.63) is 63.4 Å². The number of nitrogens with two attached hydrogens (primary N) is 1. The first-order chi connectivity index (χ1) is 8.75. The minimum Gasteiger partial charge on any atom is -0.320 e. The van der Waals surface area contributed by atoms with Crippen molar-refractivity contribution in [2.24, 2.45) is 5.73 Å². The highest BCUT2D eigenvalue weighted by Crippen LogP contribution is 2.29. The van der Waals surface area contributed by atoms with Crippen LogP contribution in [0.4, 0.5) is 0 Å². The number of rotatable bonds is 2. The molecule has 90 valence electrons. The second-order valence-corrected chi connectivity index (χ2v) is 5.23. The minimum absolute atomic E-state index is 0.221. The van der Waals surface area contributed by atoms with Crippen LogP contribution in [0.3, 0.4) is 0 Å². The molecule has 3 rings (SSSR count). The van der Waals surface area contributed by atoms with Gasteiger partial charge in [-0.25, -0.2) is 4.98 Å². The molecule has 2 aromatic heterocycles. The van der Waals surface area contributed by atoms with Crippen molar-refractivity contribution in [3.8, 4) is 0 Å². The van der Waals surface area contributed by atoms with Crippen molar-refractivity contribution in [2.75, 3.05) is 0 Å². The highest BCUT2D eigenvalue weighted by Gasteiger charge is 2.14. The molecular formula is C14H11ClN2S. The van der Waals surface area contributed by atoms with Crippen molar-refractivity contribution in [2.45, 2.75) is 6.04 Å². The normalized spacial score (nSPS) is 12.8. The summed E-state index contributed by atoms with van der Waals surface area (Å²) in [6.45, 7) is 0. The first-order valence-electron chi connectivity index (χ1n) is 5.58. The Morgan fingerprint density at radius 2 is 2.06 bits per heavy atom. The molecule has 0 saturated carbocycles. The first-order valence-corrected chi connectivity index (χ1v) is 6.90. The third kappa shape index (κ3) is 2.01. The Labute approximate surface area is 114 Å². The second kappa shape index (κ2) is 4.69. The van der Waals surface area contributed by atoms with E-state index in [4.69, 9.17) is 17.3 Å². The summed E-state index contributed by atoms with van der Waals surface area (Å²) >= 11 is 7.86. The molecule has 1 atom stereocenters. The fourth-order valence-electron chi connectivity index (χ4n) is 1.96. The molecule has 0 saturated heterocycles. The number of hydrogen-bond donors (Lipinski definition) is 1. The second-order valence-electron chi connectivity index (χ2n) is 4.10. The summed E-state index contributed by atoms with van der Waals surface area (Å²) < 4.78 is 0. The molecule has 0 spiro atoms. The smallest absolute Gasteiger partial charge is 0.134 e. The van der Waals surface area contributed by atoms with Crippen molar-refractivity contribution < 1.29 is 0 Å². The fourth-order valence-corrected chi connectivity index (χ4v) is 2.92. The summed E-state index contributed by atoms with van der Waals surface area (Å²) in [6, 6.07) is 11.7. The average molecular weight is 275 g/mol. The SMILES string of the molecule is N[C@H](c1ccsc1)c1cc2ccccc2nc1Cl. The number of halogens is 1. The maximum Gasteiger partial charge on any atom is 0.134 e. The number of pyridine rings is 1. The lowest BCUT2D eigenvalue weighted by atomic mass is 10.0. The van der Waals surface area contributed by atoms with E-state index >= 15 is 0 Å². The maximum atomic E-state index is 6.23. The van der Waals surface area contributed by atoms with Gasteiger partial charge in [0, 0.05) is 10.9 Å². The molecule has 0 aliphatic carbocycles. The molecule has 0 aliphatic heterocycles. The van der Waals surface area contributed by atoms with Gasteiger partial charge in [-0.05, 0) is 34.5 Å². The van der Waals surface area contributed by atoms with Crippen molar-refractivity contribution in [3.63, 3.8) is 0 Å². The van der Waals surface area contributed by atoms with E-state index in [-0.39, 0.29) is 6.04 Å². The third-order valence-electron chi connectivity index (χ3n) is 2.94. The summed E-state index contributed by atoms with van der Waals surface area (Å²) in [4.78, 5) is 4.40.